The third-order valence-corrected chi connectivity index (χ3v) is 5.99. The van der Waals surface area contributed by atoms with E-state index in [1.165, 1.54) is 23.4 Å². The van der Waals surface area contributed by atoms with Crippen LogP contribution in [0.1, 0.15) is 24.2 Å². The zero-order valence-electron chi connectivity index (χ0n) is 15.5. The highest BCUT2D eigenvalue weighted by Crippen LogP contribution is 2.33. The highest BCUT2D eigenvalue weighted by Gasteiger charge is 2.20. The van der Waals surface area contributed by atoms with Crippen molar-refractivity contribution in [2.24, 2.45) is 0 Å². The quantitative estimate of drug-likeness (QED) is 0.630. The third-order valence-electron chi connectivity index (χ3n) is 5.10. The van der Waals surface area contributed by atoms with E-state index in [-0.39, 0.29) is 0 Å². The van der Waals surface area contributed by atoms with Crippen LogP contribution in [0.3, 0.4) is 0 Å². The molecule has 0 spiro atoms. The number of ether oxygens (including phenoxy) is 2. The summed E-state index contributed by atoms with van der Waals surface area (Å²) in [6.07, 6.45) is 2.68. The second-order valence-corrected chi connectivity index (χ2v) is 7.65. The van der Waals surface area contributed by atoms with Crippen molar-refractivity contribution >= 4 is 11.3 Å². The Morgan fingerprint density at radius 1 is 1.27 bits per heavy atom. The van der Waals surface area contributed by atoms with Gasteiger partial charge in [0.1, 0.15) is 10.8 Å². The van der Waals surface area contributed by atoms with Crippen molar-refractivity contribution in [3.8, 4) is 27.6 Å². The van der Waals surface area contributed by atoms with E-state index in [0.717, 1.165) is 41.6 Å². The molecular weight excluding hydrogens is 344 g/mol. The lowest BCUT2D eigenvalue weighted by Crippen LogP contribution is -2.16. The van der Waals surface area contributed by atoms with Gasteiger partial charge >= 0.3 is 0 Å². The molecule has 4 rings (SSSR count). The Bertz CT molecular complexity index is 889. The Morgan fingerprint density at radius 2 is 2.08 bits per heavy atom. The van der Waals surface area contributed by atoms with Crippen molar-refractivity contribution in [2.45, 2.75) is 39.3 Å². The van der Waals surface area contributed by atoms with Gasteiger partial charge in [-0.05, 0) is 57.0 Å². The molecule has 3 heterocycles. The van der Waals surface area contributed by atoms with Crippen LogP contribution in [-0.4, -0.2) is 29.4 Å². The third kappa shape index (κ3) is 3.29. The van der Waals surface area contributed by atoms with Crippen LogP contribution < -0.4 is 4.74 Å². The van der Waals surface area contributed by atoms with E-state index in [1.807, 2.05) is 12.1 Å². The van der Waals surface area contributed by atoms with Crippen molar-refractivity contribution in [3.05, 3.63) is 47.1 Å². The highest BCUT2D eigenvalue weighted by molar-refractivity contribution is 7.13. The normalized spacial score (nSPS) is 17.0. The Labute approximate surface area is 158 Å². The Kier molecular flexibility index (Phi) is 4.83. The molecule has 4 nitrogen and oxygen atoms in total. The molecule has 0 N–H and O–H groups in total. The molecule has 0 aliphatic carbocycles. The molecular formula is C21H24N2O2S. The SMILES string of the molecule is COc1ccc(-c2nc(-c3cc(C)n(C[C@@H]4CCCO4)c3C)cs2)cc1. The Hall–Kier alpha value is -2.11. The van der Waals surface area contributed by atoms with Crippen LogP contribution in [0, 0.1) is 13.8 Å². The standard InChI is InChI=1S/C21H24N2O2S/c1-14-11-19(15(2)23(14)12-18-5-4-10-25-18)20-13-26-21(22-20)16-6-8-17(24-3)9-7-16/h6-9,11,13,18H,4-5,10,12H2,1-3H3/t18-/m0/s1. The molecule has 0 bridgehead atoms. The first-order valence-corrected chi connectivity index (χ1v) is 9.92. The lowest BCUT2D eigenvalue weighted by molar-refractivity contribution is 0.0962. The fourth-order valence-electron chi connectivity index (χ4n) is 3.60. The predicted octanol–water partition coefficient (Wildman–Crippen LogP) is 5.08. The van der Waals surface area contributed by atoms with Gasteiger partial charge in [0, 0.05) is 41.0 Å². The number of rotatable bonds is 5. The number of methoxy groups -OCH3 is 1. The average Bonchev–Trinajstić information content (AvgIpc) is 3.39. The monoisotopic (exact) mass is 368 g/mol. The molecule has 0 radical (unpaired) electrons. The lowest BCUT2D eigenvalue weighted by atomic mass is 10.2. The summed E-state index contributed by atoms with van der Waals surface area (Å²) >= 11 is 1.68. The highest BCUT2D eigenvalue weighted by atomic mass is 32.1. The van der Waals surface area contributed by atoms with Crippen LogP contribution >= 0.6 is 11.3 Å². The van der Waals surface area contributed by atoms with E-state index in [4.69, 9.17) is 14.5 Å². The summed E-state index contributed by atoms with van der Waals surface area (Å²) in [4.78, 5) is 4.89. The van der Waals surface area contributed by atoms with E-state index in [0.29, 0.717) is 6.10 Å². The predicted molar refractivity (Wildman–Crippen MR) is 106 cm³/mol. The molecule has 0 saturated carbocycles. The first-order valence-electron chi connectivity index (χ1n) is 9.04. The van der Waals surface area contributed by atoms with Crippen LogP contribution in [-0.2, 0) is 11.3 Å². The second kappa shape index (κ2) is 7.25. The summed E-state index contributed by atoms with van der Waals surface area (Å²) in [6.45, 7) is 6.19. The Morgan fingerprint density at radius 3 is 2.77 bits per heavy atom. The zero-order valence-corrected chi connectivity index (χ0v) is 16.3. The van der Waals surface area contributed by atoms with E-state index >= 15 is 0 Å². The smallest absolute Gasteiger partial charge is 0.124 e. The molecule has 26 heavy (non-hydrogen) atoms. The summed E-state index contributed by atoms with van der Waals surface area (Å²) in [5, 5.41) is 3.18. The molecule has 1 aromatic carbocycles. The van der Waals surface area contributed by atoms with Gasteiger partial charge in [0.2, 0.25) is 0 Å². The van der Waals surface area contributed by atoms with Gasteiger partial charge in [-0.25, -0.2) is 4.98 Å². The number of thiazole rings is 1. The fraction of sp³-hybridized carbons (Fsp3) is 0.381. The maximum atomic E-state index is 5.82. The first-order chi connectivity index (χ1) is 12.7. The minimum Gasteiger partial charge on any atom is -0.497 e. The maximum absolute atomic E-state index is 5.82. The molecule has 1 aliphatic rings. The minimum absolute atomic E-state index is 0.345. The first kappa shape index (κ1) is 17.3. The van der Waals surface area contributed by atoms with E-state index in [1.54, 1.807) is 18.4 Å². The van der Waals surface area contributed by atoms with E-state index in [2.05, 4.69) is 42.0 Å². The molecule has 1 atom stereocenters. The molecule has 2 aromatic heterocycles. The van der Waals surface area contributed by atoms with Gasteiger partial charge in [0.15, 0.2) is 0 Å². The van der Waals surface area contributed by atoms with Gasteiger partial charge < -0.3 is 14.0 Å². The molecule has 3 aromatic rings. The van der Waals surface area contributed by atoms with Gasteiger partial charge in [-0.1, -0.05) is 0 Å². The maximum Gasteiger partial charge on any atom is 0.124 e. The van der Waals surface area contributed by atoms with Crippen LogP contribution in [0.5, 0.6) is 5.75 Å². The molecule has 1 fully saturated rings. The summed E-state index contributed by atoms with van der Waals surface area (Å²) in [5.74, 6) is 0.864. The van der Waals surface area contributed by atoms with Crippen molar-refractivity contribution < 1.29 is 9.47 Å². The molecule has 0 amide bonds. The van der Waals surface area contributed by atoms with Crippen LogP contribution in [0.25, 0.3) is 21.8 Å². The summed E-state index contributed by atoms with van der Waals surface area (Å²) in [7, 11) is 1.68. The number of nitrogens with zero attached hydrogens (tertiary/aromatic N) is 2. The largest absolute Gasteiger partial charge is 0.497 e. The van der Waals surface area contributed by atoms with Crippen LogP contribution in [0.15, 0.2) is 35.7 Å². The van der Waals surface area contributed by atoms with Gasteiger partial charge in [0.05, 0.1) is 18.9 Å². The topological polar surface area (TPSA) is 36.3 Å². The molecule has 0 unspecified atom stereocenters. The van der Waals surface area contributed by atoms with Crippen molar-refractivity contribution in [3.63, 3.8) is 0 Å². The fourth-order valence-corrected chi connectivity index (χ4v) is 4.42. The molecule has 1 saturated heterocycles. The number of benzene rings is 1. The summed E-state index contributed by atoms with van der Waals surface area (Å²) in [5.41, 5.74) is 5.93. The van der Waals surface area contributed by atoms with Crippen molar-refractivity contribution in [1.29, 1.82) is 0 Å². The van der Waals surface area contributed by atoms with Gasteiger partial charge in [-0.2, -0.15) is 0 Å². The molecule has 1 aliphatic heterocycles. The van der Waals surface area contributed by atoms with Crippen LogP contribution in [0.2, 0.25) is 0 Å². The van der Waals surface area contributed by atoms with Gasteiger partial charge in [-0.15, -0.1) is 11.3 Å². The van der Waals surface area contributed by atoms with Crippen molar-refractivity contribution in [2.75, 3.05) is 13.7 Å². The zero-order chi connectivity index (χ0) is 18.1. The molecule has 5 heteroatoms. The number of hydrogen-bond acceptors (Lipinski definition) is 4. The van der Waals surface area contributed by atoms with Crippen LogP contribution in [0.4, 0.5) is 0 Å². The van der Waals surface area contributed by atoms with Gasteiger partial charge in [0.25, 0.3) is 0 Å². The number of hydrogen-bond donors (Lipinski definition) is 0. The molecule has 136 valence electrons. The van der Waals surface area contributed by atoms with E-state index in [9.17, 15) is 0 Å². The van der Waals surface area contributed by atoms with Gasteiger partial charge in [-0.3, -0.25) is 0 Å². The lowest BCUT2D eigenvalue weighted by Gasteiger charge is -2.14. The van der Waals surface area contributed by atoms with E-state index < -0.39 is 0 Å². The Balaban J connectivity index is 1.60. The number of aryl methyl sites for hydroxylation is 1. The minimum atomic E-state index is 0.345. The summed E-state index contributed by atoms with van der Waals surface area (Å²) in [6, 6.07) is 10.3. The summed E-state index contributed by atoms with van der Waals surface area (Å²) < 4.78 is 13.4. The second-order valence-electron chi connectivity index (χ2n) is 6.80. The van der Waals surface area contributed by atoms with Crippen molar-refractivity contribution in [1.82, 2.24) is 9.55 Å². The number of aromatic nitrogens is 2. The average molecular weight is 369 g/mol.